The Labute approximate surface area is 203 Å². The summed E-state index contributed by atoms with van der Waals surface area (Å²) in [6.07, 6.45) is 0. The van der Waals surface area contributed by atoms with Crippen LogP contribution in [-0.4, -0.2) is 39.3 Å². The Morgan fingerprint density at radius 1 is 1.09 bits per heavy atom. The molecule has 0 atom stereocenters. The molecule has 0 fully saturated rings. The third kappa shape index (κ3) is 5.58. The van der Waals surface area contributed by atoms with Gasteiger partial charge in [-0.2, -0.15) is 0 Å². The summed E-state index contributed by atoms with van der Waals surface area (Å²) in [4.78, 5) is 36.2. The Balaban J connectivity index is 1.46. The van der Waals surface area contributed by atoms with Crippen molar-refractivity contribution in [1.29, 1.82) is 0 Å². The Morgan fingerprint density at radius 2 is 1.83 bits per heavy atom. The normalized spacial score (nSPS) is 12.7. The zero-order valence-electron chi connectivity index (χ0n) is 17.7. The zero-order valence-corrected chi connectivity index (χ0v) is 19.3. The first kappa shape index (κ1) is 24.2. The maximum absolute atomic E-state index is 13.1. The Hall–Kier alpha value is -3.96. The number of esters is 1. The molecule has 0 bridgehead atoms. The molecule has 0 radical (unpaired) electrons. The number of halogens is 2. The average molecular weight is 519 g/mol. The summed E-state index contributed by atoms with van der Waals surface area (Å²) >= 11 is 6.05. The number of ketones is 1. The van der Waals surface area contributed by atoms with Gasteiger partial charge in [-0.3, -0.25) is 14.3 Å². The number of sulfonamides is 1. The van der Waals surface area contributed by atoms with Crippen LogP contribution in [0.4, 0.5) is 15.8 Å². The Bertz CT molecular complexity index is 1440. The molecule has 2 N–H and O–H groups in total. The van der Waals surface area contributed by atoms with Crippen LogP contribution < -0.4 is 14.8 Å². The number of nitrogens with one attached hydrogen (secondary N) is 2. The highest BCUT2D eigenvalue weighted by Gasteiger charge is 2.22. The summed E-state index contributed by atoms with van der Waals surface area (Å²) in [6, 6.07) is 12.4. The van der Waals surface area contributed by atoms with Crippen LogP contribution in [0.1, 0.15) is 20.7 Å². The fourth-order valence-corrected chi connectivity index (χ4v) is 4.39. The second-order valence-electron chi connectivity index (χ2n) is 7.30. The highest BCUT2D eigenvalue weighted by atomic mass is 35.5. The van der Waals surface area contributed by atoms with Crippen molar-refractivity contribution in [2.75, 3.05) is 23.3 Å². The van der Waals surface area contributed by atoms with E-state index in [0.29, 0.717) is 11.4 Å². The number of hydrogen-bond donors (Lipinski definition) is 2. The average Bonchev–Trinajstić information content (AvgIpc) is 2.83. The summed E-state index contributed by atoms with van der Waals surface area (Å²) in [5.74, 6) is -2.09. The minimum atomic E-state index is -4.14. The van der Waals surface area contributed by atoms with E-state index in [1.54, 1.807) is 0 Å². The number of ether oxygens (including phenoxy) is 2. The minimum Gasteiger partial charge on any atom is -0.482 e. The molecule has 4 rings (SSSR count). The smallest absolute Gasteiger partial charge is 0.340 e. The number of hydrogen-bond acceptors (Lipinski definition) is 7. The van der Waals surface area contributed by atoms with E-state index in [-0.39, 0.29) is 39.2 Å². The molecular weight excluding hydrogens is 503 g/mol. The lowest BCUT2D eigenvalue weighted by Gasteiger charge is -2.18. The molecule has 0 aromatic heterocycles. The molecule has 1 amide bonds. The summed E-state index contributed by atoms with van der Waals surface area (Å²) < 4.78 is 50.9. The van der Waals surface area contributed by atoms with E-state index in [1.807, 2.05) is 0 Å². The second kappa shape index (κ2) is 9.72. The van der Waals surface area contributed by atoms with Crippen LogP contribution in [0.5, 0.6) is 5.75 Å². The maximum Gasteiger partial charge on any atom is 0.340 e. The number of carbonyl (C=O) groups excluding carboxylic acids is 3. The summed E-state index contributed by atoms with van der Waals surface area (Å²) in [5, 5.41) is 2.48. The van der Waals surface area contributed by atoms with Crippen LogP contribution in [-0.2, 0) is 19.6 Å². The largest absolute Gasteiger partial charge is 0.482 e. The number of fused-ring (bicyclic) bond motifs is 1. The quantitative estimate of drug-likeness (QED) is 0.361. The molecule has 0 spiro atoms. The number of anilines is 2. The van der Waals surface area contributed by atoms with Crippen molar-refractivity contribution in [3.63, 3.8) is 0 Å². The monoisotopic (exact) mass is 518 g/mol. The van der Waals surface area contributed by atoms with Gasteiger partial charge in [0.1, 0.15) is 11.6 Å². The summed E-state index contributed by atoms with van der Waals surface area (Å²) in [5.41, 5.74) is 0.316. The van der Waals surface area contributed by atoms with E-state index >= 15 is 0 Å². The molecule has 35 heavy (non-hydrogen) atoms. The van der Waals surface area contributed by atoms with Gasteiger partial charge in [-0.15, -0.1) is 0 Å². The van der Waals surface area contributed by atoms with Crippen LogP contribution in [0.25, 0.3) is 0 Å². The molecule has 1 heterocycles. The highest BCUT2D eigenvalue weighted by molar-refractivity contribution is 7.92. The molecule has 3 aromatic rings. The Morgan fingerprint density at radius 3 is 2.57 bits per heavy atom. The number of Topliss-reactive ketones (excluding diaryl/α,β-unsaturated/α-hetero) is 1. The lowest BCUT2D eigenvalue weighted by atomic mass is 10.1. The molecule has 9 nitrogen and oxygen atoms in total. The molecule has 1 aliphatic rings. The third-order valence-corrected chi connectivity index (χ3v) is 6.54. The number of carbonyl (C=O) groups is 3. The number of benzene rings is 3. The van der Waals surface area contributed by atoms with E-state index < -0.39 is 34.2 Å². The fourth-order valence-electron chi connectivity index (χ4n) is 3.11. The van der Waals surface area contributed by atoms with Crippen LogP contribution in [0.2, 0.25) is 5.02 Å². The lowest BCUT2D eigenvalue weighted by molar-refractivity contribution is -0.118. The van der Waals surface area contributed by atoms with Crippen molar-refractivity contribution in [3.8, 4) is 5.75 Å². The predicted molar refractivity (Wildman–Crippen MR) is 124 cm³/mol. The number of rotatable bonds is 7. The molecule has 0 aliphatic carbocycles. The molecule has 3 aromatic carbocycles. The van der Waals surface area contributed by atoms with Crippen LogP contribution >= 0.6 is 11.6 Å². The summed E-state index contributed by atoms with van der Waals surface area (Å²) in [6.45, 7) is -0.791. The van der Waals surface area contributed by atoms with Gasteiger partial charge in [-0.05, 0) is 60.7 Å². The van der Waals surface area contributed by atoms with Crippen molar-refractivity contribution in [2.24, 2.45) is 0 Å². The van der Waals surface area contributed by atoms with E-state index in [4.69, 9.17) is 21.1 Å². The standard InChI is InChI=1S/C23H16ClFN2O7S/c24-18-7-6-16(35(31,32)27-15-4-2-14(25)3-5-15)10-17(18)23(30)34-11-20(28)13-1-8-21-19(9-13)26-22(29)12-33-21/h1-10,27H,11-12H2,(H,26,29). The van der Waals surface area contributed by atoms with Gasteiger partial charge in [-0.1, -0.05) is 11.6 Å². The van der Waals surface area contributed by atoms with Gasteiger partial charge in [0.2, 0.25) is 0 Å². The molecular formula is C23H16ClFN2O7S. The zero-order chi connectivity index (χ0) is 25.2. The van der Waals surface area contributed by atoms with Gasteiger partial charge in [0.25, 0.3) is 15.9 Å². The van der Waals surface area contributed by atoms with Crippen LogP contribution in [0, 0.1) is 5.82 Å². The number of amides is 1. The second-order valence-corrected chi connectivity index (χ2v) is 9.39. The van der Waals surface area contributed by atoms with Crippen LogP contribution in [0.3, 0.4) is 0 Å². The third-order valence-electron chi connectivity index (χ3n) is 4.83. The van der Waals surface area contributed by atoms with Gasteiger partial charge in [0, 0.05) is 11.3 Å². The molecule has 0 saturated heterocycles. The van der Waals surface area contributed by atoms with Crippen molar-refractivity contribution < 1.29 is 36.7 Å². The van der Waals surface area contributed by atoms with Crippen molar-refractivity contribution in [2.45, 2.75) is 4.90 Å². The Kier molecular flexibility index (Phi) is 6.72. The SMILES string of the molecule is O=C1COc2ccc(C(=O)COC(=O)c3cc(S(=O)(=O)Nc4ccc(F)cc4)ccc3Cl)cc2N1. The summed E-state index contributed by atoms with van der Waals surface area (Å²) in [7, 11) is -4.14. The van der Waals surface area contributed by atoms with Gasteiger partial charge >= 0.3 is 5.97 Å². The molecule has 0 unspecified atom stereocenters. The lowest BCUT2D eigenvalue weighted by Crippen LogP contribution is -2.25. The van der Waals surface area contributed by atoms with Crippen molar-refractivity contribution >= 4 is 50.7 Å². The molecule has 1 aliphatic heterocycles. The van der Waals surface area contributed by atoms with Gasteiger partial charge in [0.15, 0.2) is 19.0 Å². The molecule has 12 heteroatoms. The highest BCUT2D eigenvalue weighted by Crippen LogP contribution is 2.29. The van der Waals surface area contributed by atoms with Crippen molar-refractivity contribution in [1.82, 2.24) is 0 Å². The molecule has 0 saturated carbocycles. The van der Waals surface area contributed by atoms with Crippen LogP contribution in [0.15, 0.2) is 65.6 Å². The molecule has 180 valence electrons. The predicted octanol–water partition coefficient (Wildman–Crippen LogP) is 3.65. The minimum absolute atomic E-state index is 0.0863. The first-order valence-electron chi connectivity index (χ1n) is 9.97. The maximum atomic E-state index is 13.1. The first-order valence-corrected chi connectivity index (χ1v) is 11.8. The van der Waals surface area contributed by atoms with Gasteiger partial charge < -0.3 is 14.8 Å². The van der Waals surface area contributed by atoms with Crippen molar-refractivity contribution in [3.05, 3.63) is 82.6 Å². The topological polar surface area (TPSA) is 128 Å². The van der Waals surface area contributed by atoms with Gasteiger partial charge in [-0.25, -0.2) is 17.6 Å². The van der Waals surface area contributed by atoms with E-state index in [9.17, 15) is 27.2 Å². The van der Waals surface area contributed by atoms with E-state index in [2.05, 4.69) is 10.0 Å². The fraction of sp³-hybridized carbons (Fsp3) is 0.0870. The van der Waals surface area contributed by atoms with E-state index in [1.165, 1.54) is 42.5 Å². The first-order chi connectivity index (χ1) is 16.6. The van der Waals surface area contributed by atoms with E-state index in [0.717, 1.165) is 18.2 Å². The van der Waals surface area contributed by atoms with Gasteiger partial charge in [0.05, 0.1) is 21.2 Å².